The zero-order valence-electron chi connectivity index (χ0n) is 11.0. The number of benzene rings is 2. The summed E-state index contributed by atoms with van der Waals surface area (Å²) in [4.78, 5) is 11.9. The highest BCUT2D eigenvalue weighted by molar-refractivity contribution is 5.94. The molecule has 20 heavy (non-hydrogen) atoms. The van der Waals surface area contributed by atoms with Gasteiger partial charge in [-0.05, 0) is 55.5 Å². The fourth-order valence-corrected chi connectivity index (χ4v) is 1.58. The molecule has 0 radical (unpaired) electrons. The predicted molar refractivity (Wildman–Crippen MR) is 76.0 cm³/mol. The van der Waals surface area contributed by atoms with Crippen molar-refractivity contribution in [3.05, 3.63) is 54.3 Å². The summed E-state index contributed by atoms with van der Waals surface area (Å²) in [5.74, 6) is -0.207. The van der Waals surface area contributed by atoms with Gasteiger partial charge in [0.15, 0.2) is 6.10 Å². The molecule has 1 atom stereocenters. The Balaban J connectivity index is 1.94. The van der Waals surface area contributed by atoms with Crippen LogP contribution in [0.2, 0.25) is 0 Å². The Hall–Kier alpha value is -2.56. The highest BCUT2D eigenvalue weighted by atomic mass is 19.1. The zero-order chi connectivity index (χ0) is 14.5. The average Bonchev–Trinajstić information content (AvgIpc) is 2.44. The van der Waals surface area contributed by atoms with Crippen molar-refractivity contribution in [2.24, 2.45) is 0 Å². The summed E-state index contributed by atoms with van der Waals surface area (Å²) < 4.78 is 18.2. The first kappa shape index (κ1) is 13.9. The molecule has 104 valence electrons. The van der Waals surface area contributed by atoms with E-state index >= 15 is 0 Å². The molecular formula is C15H15FN2O2. The molecule has 0 heterocycles. The van der Waals surface area contributed by atoms with Crippen LogP contribution in [0.25, 0.3) is 0 Å². The van der Waals surface area contributed by atoms with Gasteiger partial charge < -0.3 is 15.8 Å². The Morgan fingerprint density at radius 1 is 1.15 bits per heavy atom. The standard InChI is InChI=1S/C15H15FN2O2/c1-10(20-14-8-2-11(16)3-9-14)15(19)18-13-6-4-12(17)5-7-13/h2-10H,17H2,1H3,(H,18,19). The van der Waals surface area contributed by atoms with Crippen LogP contribution >= 0.6 is 0 Å². The van der Waals surface area contributed by atoms with Crippen molar-refractivity contribution in [2.75, 3.05) is 11.1 Å². The molecular weight excluding hydrogens is 259 g/mol. The summed E-state index contributed by atoms with van der Waals surface area (Å²) in [6.07, 6.45) is -0.696. The molecule has 0 saturated carbocycles. The average molecular weight is 274 g/mol. The molecule has 4 nitrogen and oxygen atoms in total. The molecule has 0 aromatic heterocycles. The van der Waals surface area contributed by atoms with Crippen molar-refractivity contribution in [1.82, 2.24) is 0 Å². The number of carbonyl (C=O) groups excluding carboxylic acids is 1. The second-order valence-electron chi connectivity index (χ2n) is 4.33. The van der Waals surface area contributed by atoms with Crippen LogP contribution in [-0.4, -0.2) is 12.0 Å². The van der Waals surface area contributed by atoms with E-state index < -0.39 is 6.10 Å². The molecule has 5 heteroatoms. The van der Waals surface area contributed by atoms with Crippen molar-refractivity contribution in [1.29, 1.82) is 0 Å². The van der Waals surface area contributed by atoms with E-state index in [4.69, 9.17) is 10.5 Å². The van der Waals surface area contributed by atoms with Crippen LogP contribution in [0.5, 0.6) is 5.75 Å². The van der Waals surface area contributed by atoms with E-state index in [0.717, 1.165) is 0 Å². The Morgan fingerprint density at radius 2 is 1.75 bits per heavy atom. The molecule has 2 rings (SSSR count). The lowest BCUT2D eigenvalue weighted by atomic mass is 10.2. The number of halogens is 1. The van der Waals surface area contributed by atoms with E-state index in [2.05, 4.69) is 5.32 Å². The third kappa shape index (κ3) is 3.71. The second kappa shape index (κ2) is 6.06. The number of nitrogens with two attached hydrogens (primary N) is 1. The number of carbonyl (C=O) groups is 1. The lowest BCUT2D eigenvalue weighted by molar-refractivity contribution is -0.122. The SMILES string of the molecule is CC(Oc1ccc(F)cc1)C(=O)Nc1ccc(N)cc1. The van der Waals surface area contributed by atoms with Gasteiger partial charge in [0, 0.05) is 11.4 Å². The van der Waals surface area contributed by atoms with Gasteiger partial charge in [0.2, 0.25) is 0 Å². The Labute approximate surface area is 116 Å². The van der Waals surface area contributed by atoms with Crippen LogP contribution in [0.4, 0.5) is 15.8 Å². The van der Waals surface area contributed by atoms with Crippen LogP contribution in [0, 0.1) is 5.82 Å². The van der Waals surface area contributed by atoms with Crippen molar-refractivity contribution in [3.63, 3.8) is 0 Å². The van der Waals surface area contributed by atoms with E-state index in [0.29, 0.717) is 17.1 Å². The first-order chi connectivity index (χ1) is 9.54. The van der Waals surface area contributed by atoms with Crippen LogP contribution < -0.4 is 15.8 Å². The van der Waals surface area contributed by atoms with Crippen molar-refractivity contribution >= 4 is 17.3 Å². The van der Waals surface area contributed by atoms with Crippen molar-refractivity contribution in [2.45, 2.75) is 13.0 Å². The molecule has 0 aliphatic carbocycles. The summed E-state index contributed by atoms with van der Waals surface area (Å²) >= 11 is 0. The maximum absolute atomic E-state index is 12.8. The van der Waals surface area contributed by atoms with Gasteiger partial charge in [-0.2, -0.15) is 0 Å². The number of nitrogens with one attached hydrogen (secondary N) is 1. The minimum Gasteiger partial charge on any atom is -0.481 e. The molecule has 3 N–H and O–H groups in total. The molecule has 0 aliphatic heterocycles. The number of anilines is 2. The number of amides is 1. The third-order valence-corrected chi connectivity index (χ3v) is 2.67. The van der Waals surface area contributed by atoms with Gasteiger partial charge in [-0.3, -0.25) is 4.79 Å². The highest BCUT2D eigenvalue weighted by Crippen LogP contribution is 2.15. The van der Waals surface area contributed by atoms with Gasteiger partial charge in [0.1, 0.15) is 11.6 Å². The number of rotatable bonds is 4. The highest BCUT2D eigenvalue weighted by Gasteiger charge is 2.14. The molecule has 1 amide bonds. The molecule has 0 fully saturated rings. The van der Waals surface area contributed by atoms with Crippen molar-refractivity contribution < 1.29 is 13.9 Å². The Kier molecular flexibility index (Phi) is 4.20. The van der Waals surface area contributed by atoms with E-state index in [1.165, 1.54) is 24.3 Å². The Bertz CT molecular complexity index is 582. The molecule has 0 aliphatic rings. The topological polar surface area (TPSA) is 64.3 Å². The summed E-state index contributed by atoms with van der Waals surface area (Å²) in [6.45, 7) is 1.62. The smallest absolute Gasteiger partial charge is 0.265 e. The van der Waals surface area contributed by atoms with Gasteiger partial charge >= 0.3 is 0 Å². The number of hydrogen-bond donors (Lipinski definition) is 2. The van der Waals surface area contributed by atoms with Gasteiger partial charge in [0.05, 0.1) is 0 Å². The summed E-state index contributed by atoms with van der Waals surface area (Å²) in [5.41, 5.74) is 6.83. The molecule has 1 unspecified atom stereocenters. The van der Waals surface area contributed by atoms with E-state index in [1.807, 2.05) is 0 Å². The lowest BCUT2D eigenvalue weighted by Crippen LogP contribution is -2.30. The van der Waals surface area contributed by atoms with Gasteiger partial charge in [-0.15, -0.1) is 0 Å². The normalized spacial score (nSPS) is 11.7. The van der Waals surface area contributed by atoms with E-state index in [9.17, 15) is 9.18 Å². The molecule has 0 spiro atoms. The molecule has 0 bridgehead atoms. The van der Waals surface area contributed by atoms with Gasteiger partial charge in [-0.1, -0.05) is 0 Å². The summed E-state index contributed by atoms with van der Waals surface area (Å²) in [6, 6.07) is 12.3. The van der Waals surface area contributed by atoms with Crippen LogP contribution in [-0.2, 0) is 4.79 Å². The van der Waals surface area contributed by atoms with Crippen LogP contribution in [0.15, 0.2) is 48.5 Å². The van der Waals surface area contributed by atoms with Crippen LogP contribution in [0.3, 0.4) is 0 Å². The largest absolute Gasteiger partial charge is 0.481 e. The second-order valence-corrected chi connectivity index (χ2v) is 4.33. The fourth-order valence-electron chi connectivity index (χ4n) is 1.58. The number of ether oxygens (including phenoxy) is 1. The fraction of sp³-hybridized carbons (Fsp3) is 0.133. The monoisotopic (exact) mass is 274 g/mol. The minimum atomic E-state index is -0.696. The Morgan fingerprint density at radius 3 is 2.35 bits per heavy atom. The van der Waals surface area contributed by atoms with Crippen molar-refractivity contribution in [3.8, 4) is 5.75 Å². The summed E-state index contributed by atoms with van der Waals surface area (Å²) in [5, 5.41) is 2.71. The molecule has 2 aromatic carbocycles. The maximum Gasteiger partial charge on any atom is 0.265 e. The predicted octanol–water partition coefficient (Wildman–Crippen LogP) is 2.81. The van der Waals surface area contributed by atoms with E-state index in [-0.39, 0.29) is 11.7 Å². The van der Waals surface area contributed by atoms with Gasteiger partial charge in [-0.25, -0.2) is 4.39 Å². The number of nitrogen functional groups attached to an aromatic ring is 1. The van der Waals surface area contributed by atoms with E-state index in [1.54, 1.807) is 31.2 Å². The lowest BCUT2D eigenvalue weighted by Gasteiger charge is -2.14. The molecule has 0 saturated heterocycles. The summed E-state index contributed by atoms with van der Waals surface area (Å²) in [7, 11) is 0. The first-order valence-electron chi connectivity index (χ1n) is 6.13. The minimum absolute atomic E-state index is 0.293. The van der Waals surface area contributed by atoms with Gasteiger partial charge in [0.25, 0.3) is 5.91 Å². The number of hydrogen-bond acceptors (Lipinski definition) is 3. The maximum atomic E-state index is 12.8. The first-order valence-corrected chi connectivity index (χ1v) is 6.13. The van der Waals surface area contributed by atoms with Crippen LogP contribution in [0.1, 0.15) is 6.92 Å². The quantitative estimate of drug-likeness (QED) is 0.843. The molecule has 2 aromatic rings. The third-order valence-electron chi connectivity index (χ3n) is 2.67. The zero-order valence-corrected chi connectivity index (χ0v) is 11.0.